The summed E-state index contributed by atoms with van der Waals surface area (Å²) in [6.45, 7) is 3.48. The number of carbonyl (C=O) groups is 2. The van der Waals surface area contributed by atoms with E-state index in [9.17, 15) is 9.59 Å². The van der Waals surface area contributed by atoms with Crippen LogP contribution in [0.15, 0.2) is 58.9 Å². The number of nitrogens with two attached hydrogens (primary N) is 1. The first-order valence-corrected chi connectivity index (χ1v) is 12.1. The lowest BCUT2D eigenvalue weighted by molar-refractivity contribution is 0.0652. The molecule has 0 unspecified atom stereocenters. The first kappa shape index (κ1) is 23.4. The number of ether oxygens (including phenoxy) is 1. The van der Waals surface area contributed by atoms with Gasteiger partial charge in [0.15, 0.2) is 11.1 Å². The van der Waals surface area contributed by atoms with Crippen LogP contribution in [0.1, 0.15) is 51.7 Å². The zero-order chi connectivity index (χ0) is 23.9. The molecule has 1 aliphatic rings. The second-order valence-corrected chi connectivity index (χ2v) is 8.70. The van der Waals surface area contributed by atoms with Crippen LogP contribution in [0.3, 0.4) is 0 Å². The van der Waals surface area contributed by atoms with Crippen LogP contribution in [0.2, 0.25) is 0 Å². The van der Waals surface area contributed by atoms with Gasteiger partial charge in [-0.1, -0.05) is 37.3 Å². The molecule has 2 aromatic carbocycles. The Bertz CT molecular complexity index is 1170. The van der Waals surface area contributed by atoms with Crippen LogP contribution in [0.25, 0.3) is 0 Å². The van der Waals surface area contributed by atoms with Crippen LogP contribution in [-0.2, 0) is 13.0 Å². The van der Waals surface area contributed by atoms with Gasteiger partial charge in [-0.25, -0.2) is 9.98 Å². The topological polar surface area (TPSA) is 110 Å². The van der Waals surface area contributed by atoms with Crippen LogP contribution in [0, 0.1) is 0 Å². The first-order chi connectivity index (χ1) is 16.6. The number of para-hydroxylation sites is 1. The Morgan fingerprint density at radius 1 is 1.12 bits per heavy atom. The largest absolute Gasteiger partial charge is 0.493 e. The predicted molar refractivity (Wildman–Crippen MR) is 133 cm³/mol. The highest BCUT2D eigenvalue weighted by Gasteiger charge is 2.34. The number of amides is 2. The maximum atomic E-state index is 12.5. The Hall–Kier alpha value is -3.72. The van der Waals surface area contributed by atoms with Gasteiger partial charge in [0.05, 0.1) is 30.0 Å². The molecule has 0 spiro atoms. The SMILES string of the molecule is CCCOc1ccccc1CN=C(N)Nc1nc(CCCN2C(=O)c3ccccc3C2=O)cs1. The molecule has 0 bridgehead atoms. The van der Waals surface area contributed by atoms with Crippen molar-refractivity contribution < 1.29 is 14.3 Å². The Labute approximate surface area is 202 Å². The number of aryl methyl sites for hydroxylation is 1. The number of benzene rings is 2. The average Bonchev–Trinajstić information content (AvgIpc) is 3.39. The fourth-order valence-corrected chi connectivity index (χ4v) is 4.40. The summed E-state index contributed by atoms with van der Waals surface area (Å²) >= 11 is 1.43. The van der Waals surface area contributed by atoms with Crippen LogP contribution in [0.5, 0.6) is 5.75 Å². The minimum Gasteiger partial charge on any atom is -0.493 e. The molecule has 0 atom stereocenters. The van der Waals surface area contributed by atoms with Gasteiger partial charge >= 0.3 is 0 Å². The van der Waals surface area contributed by atoms with Crippen LogP contribution >= 0.6 is 11.3 Å². The van der Waals surface area contributed by atoms with Gasteiger partial charge in [-0.2, -0.15) is 0 Å². The van der Waals surface area contributed by atoms with E-state index in [0.717, 1.165) is 23.4 Å². The normalized spacial score (nSPS) is 13.3. The van der Waals surface area contributed by atoms with Gasteiger partial charge in [-0.05, 0) is 37.5 Å². The number of fused-ring (bicyclic) bond motifs is 1. The number of aliphatic imine (C=N–C) groups is 1. The molecule has 0 fully saturated rings. The predicted octanol–water partition coefficient (Wildman–Crippen LogP) is 4.09. The Kier molecular flexibility index (Phi) is 7.54. The summed E-state index contributed by atoms with van der Waals surface area (Å²) < 4.78 is 5.76. The summed E-state index contributed by atoms with van der Waals surface area (Å²) in [7, 11) is 0. The Balaban J connectivity index is 1.27. The van der Waals surface area contributed by atoms with Crippen LogP contribution < -0.4 is 15.8 Å². The third kappa shape index (κ3) is 5.43. The molecule has 1 aliphatic heterocycles. The van der Waals surface area contributed by atoms with Crippen molar-refractivity contribution in [2.75, 3.05) is 18.5 Å². The number of rotatable bonds is 10. The lowest BCUT2D eigenvalue weighted by Gasteiger charge is -2.12. The van der Waals surface area contributed by atoms with Crippen molar-refractivity contribution in [3.63, 3.8) is 0 Å². The van der Waals surface area contributed by atoms with Crippen molar-refractivity contribution >= 4 is 34.2 Å². The zero-order valence-electron chi connectivity index (χ0n) is 19.0. The molecule has 2 amide bonds. The number of hydrogen-bond donors (Lipinski definition) is 2. The molecule has 0 saturated heterocycles. The van der Waals surface area contributed by atoms with Crippen molar-refractivity contribution in [3.05, 3.63) is 76.3 Å². The van der Waals surface area contributed by atoms with Crippen molar-refractivity contribution in [1.29, 1.82) is 0 Å². The van der Waals surface area contributed by atoms with Gasteiger partial charge in [0.2, 0.25) is 0 Å². The van der Waals surface area contributed by atoms with E-state index in [-0.39, 0.29) is 17.8 Å². The number of guanidine groups is 1. The number of carbonyl (C=O) groups excluding carboxylic acids is 2. The molecule has 9 heteroatoms. The number of anilines is 1. The van der Waals surface area contributed by atoms with Crippen molar-refractivity contribution in [2.45, 2.75) is 32.7 Å². The highest BCUT2D eigenvalue weighted by Crippen LogP contribution is 2.23. The number of imide groups is 1. The number of aromatic nitrogens is 1. The van der Waals surface area contributed by atoms with Crippen LogP contribution in [-0.4, -0.2) is 40.8 Å². The quantitative estimate of drug-likeness (QED) is 0.259. The highest BCUT2D eigenvalue weighted by atomic mass is 32.1. The number of nitrogens with one attached hydrogen (secondary N) is 1. The molecule has 2 heterocycles. The van der Waals surface area contributed by atoms with Gasteiger partial charge in [-0.15, -0.1) is 11.3 Å². The second-order valence-electron chi connectivity index (χ2n) is 7.84. The maximum absolute atomic E-state index is 12.5. The molecule has 34 heavy (non-hydrogen) atoms. The molecular formula is C25H27N5O3S. The van der Waals surface area contributed by atoms with E-state index in [0.29, 0.717) is 48.8 Å². The van der Waals surface area contributed by atoms with E-state index in [1.807, 2.05) is 29.6 Å². The van der Waals surface area contributed by atoms with Crippen LogP contribution in [0.4, 0.5) is 5.13 Å². The summed E-state index contributed by atoms with van der Waals surface area (Å²) in [5.74, 6) is 0.631. The molecule has 0 aliphatic carbocycles. The lowest BCUT2D eigenvalue weighted by Crippen LogP contribution is -2.31. The molecular weight excluding hydrogens is 450 g/mol. The van der Waals surface area contributed by atoms with Gasteiger partial charge < -0.3 is 15.8 Å². The Morgan fingerprint density at radius 3 is 2.56 bits per heavy atom. The fourth-order valence-electron chi connectivity index (χ4n) is 3.65. The third-order valence-corrected chi connectivity index (χ3v) is 6.14. The summed E-state index contributed by atoms with van der Waals surface area (Å²) in [5.41, 5.74) is 8.84. The summed E-state index contributed by atoms with van der Waals surface area (Å²) in [6, 6.07) is 14.7. The molecule has 1 aromatic heterocycles. The van der Waals surface area contributed by atoms with Crippen molar-refractivity contribution in [1.82, 2.24) is 9.88 Å². The highest BCUT2D eigenvalue weighted by molar-refractivity contribution is 7.13. The number of thiazole rings is 1. The molecule has 8 nitrogen and oxygen atoms in total. The lowest BCUT2D eigenvalue weighted by atomic mass is 10.1. The van der Waals surface area contributed by atoms with Crippen molar-refractivity contribution in [2.24, 2.45) is 10.7 Å². The van der Waals surface area contributed by atoms with E-state index >= 15 is 0 Å². The second kappa shape index (κ2) is 10.9. The first-order valence-electron chi connectivity index (χ1n) is 11.2. The van der Waals surface area contributed by atoms with E-state index < -0.39 is 0 Å². The molecule has 3 aromatic rings. The minimum absolute atomic E-state index is 0.230. The summed E-state index contributed by atoms with van der Waals surface area (Å²) in [5, 5.41) is 5.61. The molecule has 0 radical (unpaired) electrons. The van der Waals surface area contributed by atoms with Gasteiger partial charge in [0, 0.05) is 17.5 Å². The minimum atomic E-state index is -0.230. The van der Waals surface area contributed by atoms with E-state index in [4.69, 9.17) is 10.5 Å². The van der Waals surface area contributed by atoms with Gasteiger partial charge in [0.1, 0.15) is 5.75 Å². The van der Waals surface area contributed by atoms with E-state index in [1.165, 1.54) is 16.2 Å². The monoisotopic (exact) mass is 477 g/mol. The summed E-state index contributed by atoms with van der Waals surface area (Å²) in [4.78, 5) is 35.2. The Morgan fingerprint density at radius 2 is 1.82 bits per heavy atom. The zero-order valence-corrected chi connectivity index (χ0v) is 19.8. The van der Waals surface area contributed by atoms with E-state index in [2.05, 4.69) is 22.2 Å². The fraction of sp³-hybridized carbons (Fsp3) is 0.280. The average molecular weight is 478 g/mol. The maximum Gasteiger partial charge on any atom is 0.261 e. The standard InChI is InChI=1S/C25H27N5O3S/c1-2-14-33-21-12-6-3-8-17(21)15-27-24(26)29-25-28-18(16-34-25)9-7-13-30-22(31)19-10-4-5-11-20(19)23(30)32/h3-6,8,10-12,16H,2,7,9,13-15H2,1H3,(H3,26,27,28,29). The third-order valence-electron chi connectivity index (χ3n) is 5.33. The smallest absolute Gasteiger partial charge is 0.261 e. The number of nitrogens with zero attached hydrogens (tertiary/aromatic N) is 3. The molecule has 176 valence electrons. The number of hydrogen-bond acceptors (Lipinski definition) is 6. The van der Waals surface area contributed by atoms with Crippen molar-refractivity contribution in [3.8, 4) is 5.75 Å². The van der Waals surface area contributed by atoms with E-state index in [1.54, 1.807) is 24.3 Å². The summed E-state index contributed by atoms with van der Waals surface area (Å²) in [6.07, 6.45) is 2.21. The van der Waals surface area contributed by atoms with Gasteiger partial charge in [0.25, 0.3) is 11.8 Å². The molecule has 4 rings (SSSR count). The molecule has 0 saturated carbocycles. The van der Waals surface area contributed by atoms with Gasteiger partial charge in [-0.3, -0.25) is 14.5 Å². The molecule has 3 N–H and O–H groups in total.